The predicted octanol–water partition coefficient (Wildman–Crippen LogP) is 6.91. The van der Waals surface area contributed by atoms with Gasteiger partial charge in [-0.2, -0.15) is 0 Å². The molecule has 1 unspecified atom stereocenters. The molecule has 4 rings (SSSR count). The fraction of sp³-hybridized carbons (Fsp3) is 0.370. The van der Waals surface area contributed by atoms with Gasteiger partial charge in [-0.05, 0) is 68.0 Å². The highest BCUT2D eigenvalue weighted by molar-refractivity contribution is 6.31. The van der Waals surface area contributed by atoms with Crippen molar-refractivity contribution in [2.75, 3.05) is 0 Å². The number of rotatable bonds is 5. The number of benzene rings is 2. The molecule has 1 aliphatic heterocycles. The van der Waals surface area contributed by atoms with Crippen LogP contribution in [0.25, 0.3) is 0 Å². The lowest BCUT2D eigenvalue weighted by molar-refractivity contribution is -0.151. The van der Waals surface area contributed by atoms with Crippen LogP contribution in [0, 0.1) is 5.92 Å². The first kappa shape index (κ1) is 23.7. The van der Waals surface area contributed by atoms with E-state index in [4.69, 9.17) is 32.9 Å². The third-order valence-electron chi connectivity index (χ3n) is 6.58. The molecule has 4 nitrogen and oxygen atoms in total. The number of hydrogen-bond donors (Lipinski definition) is 0. The molecule has 0 amide bonds. The molecule has 1 heterocycles. The molecule has 1 aliphatic carbocycles. The standard InChI is InChI=1S/C27H27Cl2NO3/c1-4-15(2)33-27(32)24-16(3)30-22-13-19(17-8-10-20(28)11-9-17)14-23(31)26(22)25(24)18-6-5-7-21(29)12-18/h5-12,15,19,24-25H,4,13-14H2,1-3H3/t15-,19+,24?,25+/m0/s1. The number of ketones is 1. The number of aliphatic imine (C=N–C) groups is 1. The number of allylic oxidation sites excluding steroid dienone is 2. The molecule has 0 saturated carbocycles. The maximum absolute atomic E-state index is 13.6. The van der Waals surface area contributed by atoms with Gasteiger partial charge in [-0.25, -0.2) is 0 Å². The van der Waals surface area contributed by atoms with Gasteiger partial charge in [0.15, 0.2) is 5.78 Å². The molecule has 0 radical (unpaired) electrons. The summed E-state index contributed by atoms with van der Waals surface area (Å²) < 4.78 is 5.71. The number of ether oxygens (including phenoxy) is 1. The quantitative estimate of drug-likeness (QED) is 0.434. The molecule has 6 heteroatoms. The summed E-state index contributed by atoms with van der Waals surface area (Å²) in [6, 6.07) is 15.0. The fourth-order valence-electron chi connectivity index (χ4n) is 4.75. The largest absolute Gasteiger partial charge is 0.462 e. The molecule has 0 N–H and O–H groups in total. The topological polar surface area (TPSA) is 55.7 Å². The number of esters is 1. The van der Waals surface area contributed by atoms with Gasteiger partial charge in [0.1, 0.15) is 5.92 Å². The van der Waals surface area contributed by atoms with Gasteiger partial charge in [-0.15, -0.1) is 0 Å². The van der Waals surface area contributed by atoms with E-state index in [0.29, 0.717) is 40.6 Å². The average molecular weight is 484 g/mol. The van der Waals surface area contributed by atoms with Gasteiger partial charge < -0.3 is 4.74 Å². The Morgan fingerprint density at radius 3 is 2.48 bits per heavy atom. The molecule has 172 valence electrons. The van der Waals surface area contributed by atoms with Crippen LogP contribution >= 0.6 is 23.2 Å². The highest BCUT2D eigenvalue weighted by atomic mass is 35.5. The summed E-state index contributed by atoms with van der Waals surface area (Å²) in [5, 5.41) is 1.22. The van der Waals surface area contributed by atoms with Crippen molar-refractivity contribution in [2.45, 2.75) is 58.0 Å². The first-order valence-electron chi connectivity index (χ1n) is 11.3. The number of carbonyl (C=O) groups is 2. The molecule has 0 fully saturated rings. The van der Waals surface area contributed by atoms with E-state index < -0.39 is 11.8 Å². The molecule has 2 aromatic rings. The van der Waals surface area contributed by atoms with Crippen molar-refractivity contribution < 1.29 is 14.3 Å². The lowest BCUT2D eigenvalue weighted by Crippen LogP contribution is -2.39. The van der Waals surface area contributed by atoms with Crippen molar-refractivity contribution in [3.8, 4) is 0 Å². The Morgan fingerprint density at radius 2 is 1.82 bits per heavy atom. The minimum atomic E-state index is -0.660. The second-order valence-corrected chi connectivity index (χ2v) is 9.73. The zero-order valence-electron chi connectivity index (χ0n) is 19.0. The minimum Gasteiger partial charge on any atom is -0.462 e. The Kier molecular flexibility index (Phi) is 7.06. The first-order chi connectivity index (χ1) is 15.8. The van der Waals surface area contributed by atoms with Crippen molar-refractivity contribution in [2.24, 2.45) is 10.9 Å². The monoisotopic (exact) mass is 483 g/mol. The highest BCUT2D eigenvalue weighted by Crippen LogP contribution is 2.47. The molecule has 0 aromatic heterocycles. The lowest BCUT2D eigenvalue weighted by atomic mass is 9.69. The molecule has 0 saturated heterocycles. The molecule has 2 aliphatic rings. The zero-order chi connectivity index (χ0) is 23.7. The normalized spacial score (nSPS) is 23.6. The molecule has 0 spiro atoms. The van der Waals surface area contributed by atoms with E-state index in [1.165, 1.54) is 0 Å². The maximum atomic E-state index is 13.6. The van der Waals surface area contributed by atoms with Crippen LogP contribution in [0.5, 0.6) is 0 Å². The maximum Gasteiger partial charge on any atom is 0.315 e. The molecule has 2 aromatic carbocycles. The number of Topliss-reactive ketones (excluding diaryl/α,β-unsaturated/α-hetero) is 1. The van der Waals surface area contributed by atoms with Gasteiger partial charge in [-0.3, -0.25) is 14.6 Å². The van der Waals surface area contributed by atoms with E-state index in [9.17, 15) is 9.59 Å². The van der Waals surface area contributed by atoms with E-state index in [2.05, 4.69) is 0 Å². The Hall–Kier alpha value is -2.43. The Bertz CT molecular complexity index is 1140. The van der Waals surface area contributed by atoms with Gasteiger partial charge in [0, 0.05) is 39.4 Å². The van der Waals surface area contributed by atoms with Gasteiger partial charge >= 0.3 is 5.97 Å². The molecular weight excluding hydrogens is 457 g/mol. The van der Waals surface area contributed by atoms with Crippen molar-refractivity contribution in [1.29, 1.82) is 0 Å². The summed E-state index contributed by atoms with van der Waals surface area (Å²) in [6.07, 6.45) is 1.49. The smallest absolute Gasteiger partial charge is 0.315 e. The molecule has 33 heavy (non-hydrogen) atoms. The number of carbonyl (C=O) groups excluding carboxylic acids is 2. The third kappa shape index (κ3) is 4.92. The Balaban J connectivity index is 1.78. The summed E-state index contributed by atoms with van der Waals surface area (Å²) >= 11 is 12.4. The summed E-state index contributed by atoms with van der Waals surface area (Å²) in [7, 11) is 0. The Morgan fingerprint density at radius 1 is 1.09 bits per heavy atom. The van der Waals surface area contributed by atoms with Gasteiger partial charge in [0.05, 0.1) is 6.10 Å². The fourth-order valence-corrected chi connectivity index (χ4v) is 5.08. The van der Waals surface area contributed by atoms with Crippen molar-refractivity contribution in [3.05, 3.63) is 81.0 Å². The minimum absolute atomic E-state index is 0.0127. The van der Waals surface area contributed by atoms with Crippen LogP contribution in [0.3, 0.4) is 0 Å². The van der Waals surface area contributed by atoms with Crippen LogP contribution < -0.4 is 0 Å². The number of halogens is 2. The van der Waals surface area contributed by atoms with E-state index >= 15 is 0 Å². The SMILES string of the molecule is CC[C@H](C)OC(=O)C1C(C)=NC2=C(C(=O)C[C@H](c3ccc(Cl)cc3)C2)[C@@H]1c1cccc(Cl)c1. The second-order valence-electron chi connectivity index (χ2n) is 8.86. The van der Waals surface area contributed by atoms with Crippen molar-refractivity contribution in [1.82, 2.24) is 0 Å². The van der Waals surface area contributed by atoms with E-state index in [1.54, 1.807) is 6.07 Å². The zero-order valence-corrected chi connectivity index (χ0v) is 20.5. The summed E-state index contributed by atoms with van der Waals surface area (Å²) in [6.45, 7) is 5.69. The first-order valence-corrected chi connectivity index (χ1v) is 12.1. The van der Waals surface area contributed by atoms with Crippen LogP contribution in [0.1, 0.15) is 63.0 Å². The van der Waals surface area contributed by atoms with E-state index in [0.717, 1.165) is 16.8 Å². The van der Waals surface area contributed by atoms with Crippen LogP contribution in [0.15, 0.2) is 64.8 Å². The van der Waals surface area contributed by atoms with Gasteiger partial charge in [-0.1, -0.05) is 54.4 Å². The second kappa shape index (κ2) is 9.82. The third-order valence-corrected chi connectivity index (χ3v) is 7.07. The van der Waals surface area contributed by atoms with Crippen molar-refractivity contribution in [3.63, 3.8) is 0 Å². The number of hydrogen-bond acceptors (Lipinski definition) is 4. The lowest BCUT2D eigenvalue weighted by Gasteiger charge is -2.37. The molecule has 4 atom stereocenters. The Labute approximate surface area is 204 Å². The van der Waals surface area contributed by atoms with Gasteiger partial charge in [0.2, 0.25) is 0 Å². The van der Waals surface area contributed by atoms with Crippen LogP contribution in [0.4, 0.5) is 0 Å². The van der Waals surface area contributed by atoms with Crippen LogP contribution in [-0.2, 0) is 14.3 Å². The number of nitrogens with zero attached hydrogens (tertiary/aromatic N) is 1. The van der Waals surface area contributed by atoms with Gasteiger partial charge in [0.25, 0.3) is 0 Å². The van der Waals surface area contributed by atoms with E-state index in [-0.39, 0.29) is 23.8 Å². The van der Waals surface area contributed by atoms with E-state index in [1.807, 2.05) is 63.2 Å². The molecular formula is C27H27Cl2NO3. The summed E-state index contributed by atoms with van der Waals surface area (Å²) in [5.41, 5.74) is 3.91. The molecule has 0 bridgehead atoms. The average Bonchev–Trinajstić information content (AvgIpc) is 2.78. The summed E-state index contributed by atoms with van der Waals surface area (Å²) in [5.74, 6) is -1.44. The van der Waals surface area contributed by atoms with Crippen LogP contribution in [-0.4, -0.2) is 23.6 Å². The highest BCUT2D eigenvalue weighted by Gasteiger charge is 2.45. The van der Waals surface area contributed by atoms with Crippen LogP contribution in [0.2, 0.25) is 10.0 Å². The predicted molar refractivity (Wildman–Crippen MR) is 132 cm³/mol. The summed E-state index contributed by atoms with van der Waals surface area (Å²) in [4.78, 5) is 31.6. The van der Waals surface area contributed by atoms with Crippen molar-refractivity contribution >= 4 is 40.7 Å².